The van der Waals surface area contributed by atoms with Crippen molar-refractivity contribution >= 4 is 17.6 Å². The van der Waals surface area contributed by atoms with Gasteiger partial charge >= 0.3 is 5.97 Å². The van der Waals surface area contributed by atoms with Gasteiger partial charge in [0.25, 0.3) is 5.56 Å². The van der Waals surface area contributed by atoms with Crippen LogP contribution in [-0.2, 0) is 22.6 Å². The Balaban J connectivity index is 1.46. The van der Waals surface area contributed by atoms with Crippen molar-refractivity contribution in [3.05, 3.63) is 90.8 Å². The van der Waals surface area contributed by atoms with Crippen LogP contribution in [0.2, 0.25) is 5.02 Å². The molecule has 3 atom stereocenters. The van der Waals surface area contributed by atoms with Gasteiger partial charge in [0.1, 0.15) is 11.5 Å². The molecule has 4 heterocycles. The van der Waals surface area contributed by atoms with E-state index in [4.69, 9.17) is 20.8 Å². The lowest BCUT2D eigenvalue weighted by atomic mass is 9.83. The molecule has 5 rings (SSSR count). The van der Waals surface area contributed by atoms with Crippen molar-refractivity contribution in [3.63, 3.8) is 0 Å². The van der Waals surface area contributed by atoms with Gasteiger partial charge < -0.3 is 23.9 Å². The Hall–Kier alpha value is -3.56. The van der Waals surface area contributed by atoms with Crippen molar-refractivity contribution in [2.75, 3.05) is 20.2 Å². The smallest absolute Gasteiger partial charge is 0.306 e. The van der Waals surface area contributed by atoms with E-state index in [1.54, 1.807) is 18.2 Å². The van der Waals surface area contributed by atoms with Crippen LogP contribution in [0.15, 0.2) is 56.5 Å². The number of aromatic hydroxyl groups is 2. The molecule has 9 nitrogen and oxygen atoms in total. The van der Waals surface area contributed by atoms with Crippen molar-refractivity contribution in [1.29, 1.82) is 0 Å². The van der Waals surface area contributed by atoms with E-state index in [1.165, 1.54) is 25.3 Å². The van der Waals surface area contributed by atoms with E-state index < -0.39 is 23.1 Å². The van der Waals surface area contributed by atoms with Crippen LogP contribution in [0.3, 0.4) is 0 Å². The van der Waals surface area contributed by atoms with E-state index in [9.17, 15) is 24.6 Å². The number of carbonyl (C=O) groups excluding carboxylic acids is 1. The SMILES string of the molecule is COC(=O)C[C@@H](c1ccc(O)c(Cl)c1)c1oc(CN2C[C@H]3C[C@@H](C2)c2cccc(=O)n2C3)cc(=O)c1O. The molecule has 0 unspecified atom stereocenters. The molecule has 0 spiro atoms. The number of pyridine rings is 1. The Labute approximate surface area is 217 Å². The summed E-state index contributed by atoms with van der Waals surface area (Å²) >= 11 is 6.09. The first-order chi connectivity index (χ1) is 17.7. The lowest BCUT2D eigenvalue weighted by Gasteiger charge is -2.42. The van der Waals surface area contributed by atoms with Crippen LogP contribution >= 0.6 is 11.6 Å². The van der Waals surface area contributed by atoms with E-state index in [-0.39, 0.29) is 34.4 Å². The summed E-state index contributed by atoms with van der Waals surface area (Å²) in [4.78, 5) is 39.5. The fourth-order valence-electron chi connectivity index (χ4n) is 5.57. The van der Waals surface area contributed by atoms with Crippen LogP contribution in [0.25, 0.3) is 0 Å². The van der Waals surface area contributed by atoms with Gasteiger partial charge in [0, 0.05) is 43.4 Å². The maximum Gasteiger partial charge on any atom is 0.306 e. The van der Waals surface area contributed by atoms with Gasteiger partial charge in [-0.1, -0.05) is 23.7 Å². The molecule has 3 aromatic rings. The molecule has 10 heteroatoms. The predicted octanol–water partition coefficient (Wildman–Crippen LogP) is 3.18. The molecular weight excluding hydrogens is 500 g/mol. The number of aromatic nitrogens is 1. The third-order valence-electron chi connectivity index (χ3n) is 7.22. The highest BCUT2D eigenvalue weighted by molar-refractivity contribution is 6.32. The van der Waals surface area contributed by atoms with Crippen LogP contribution in [0.4, 0.5) is 0 Å². The molecule has 2 bridgehead atoms. The number of fused-ring (bicyclic) bond motifs is 4. The van der Waals surface area contributed by atoms with Crippen LogP contribution < -0.4 is 11.0 Å². The van der Waals surface area contributed by atoms with Crippen LogP contribution in [0, 0.1) is 5.92 Å². The number of esters is 1. The highest BCUT2D eigenvalue weighted by Gasteiger charge is 2.35. The largest absolute Gasteiger partial charge is 0.506 e. The Morgan fingerprint density at radius 3 is 2.73 bits per heavy atom. The van der Waals surface area contributed by atoms with Gasteiger partial charge in [0.15, 0.2) is 5.76 Å². The molecule has 2 aliphatic rings. The van der Waals surface area contributed by atoms with Gasteiger partial charge in [-0.15, -0.1) is 0 Å². The number of carbonyl (C=O) groups is 1. The Morgan fingerprint density at radius 1 is 1.16 bits per heavy atom. The van der Waals surface area contributed by atoms with Crippen LogP contribution in [-0.4, -0.2) is 45.8 Å². The Kier molecular flexibility index (Phi) is 6.83. The summed E-state index contributed by atoms with van der Waals surface area (Å²) in [5, 5.41) is 20.5. The predicted molar refractivity (Wildman–Crippen MR) is 135 cm³/mol. The summed E-state index contributed by atoms with van der Waals surface area (Å²) in [6.07, 6.45) is 0.782. The number of hydrogen-bond acceptors (Lipinski definition) is 8. The second-order valence-corrected chi connectivity index (χ2v) is 10.1. The standard InChI is InChI=1S/C27H27ClN2O7/c1-36-25(34)10-19(16-5-6-22(31)20(28)8-16)27-26(35)23(32)9-18(37-27)14-29-11-15-7-17(13-29)21-3-2-4-24(33)30(21)12-15/h2-6,8-9,15,17,19,31,35H,7,10-14H2,1H3/t15-,17+,19+/m1/s1. The van der Waals surface area contributed by atoms with Crippen molar-refractivity contribution < 1.29 is 24.2 Å². The van der Waals surface area contributed by atoms with E-state index in [0.29, 0.717) is 36.9 Å². The fraction of sp³-hybridized carbons (Fsp3) is 0.370. The Bertz CT molecular complexity index is 1460. The molecule has 0 radical (unpaired) electrons. The van der Waals surface area contributed by atoms with Gasteiger partial charge in [-0.25, -0.2) is 0 Å². The molecule has 1 fully saturated rings. The lowest BCUT2D eigenvalue weighted by molar-refractivity contribution is -0.140. The van der Waals surface area contributed by atoms with E-state index in [0.717, 1.165) is 18.7 Å². The summed E-state index contributed by atoms with van der Waals surface area (Å²) in [7, 11) is 1.25. The third-order valence-corrected chi connectivity index (χ3v) is 7.53. The molecule has 37 heavy (non-hydrogen) atoms. The molecule has 0 aliphatic carbocycles. The number of hydrogen-bond donors (Lipinski definition) is 2. The van der Waals surface area contributed by atoms with Gasteiger partial charge in [-0.3, -0.25) is 19.3 Å². The first-order valence-electron chi connectivity index (χ1n) is 12.1. The van der Waals surface area contributed by atoms with Crippen molar-refractivity contribution in [2.24, 2.45) is 5.92 Å². The topological polar surface area (TPSA) is 122 Å². The van der Waals surface area contributed by atoms with Crippen molar-refractivity contribution in [3.8, 4) is 11.5 Å². The maximum atomic E-state index is 12.8. The lowest BCUT2D eigenvalue weighted by Crippen LogP contribution is -2.46. The van der Waals surface area contributed by atoms with Gasteiger partial charge in [0.05, 0.1) is 31.0 Å². The fourth-order valence-corrected chi connectivity index (χ4v) is 5.76. The van der Waals surface area contributed by atoms with Crippen LogP contribution in [0.5, 0.6) is 11.5 Å². The quantitative estimate of drug-likeness (QED) is 0.470. The average molecular weight is 527 g/mol. The number of ether oxygens (including phenoxy) is 1. The number of rotatable bonds is 6. The third kappa shape index (κ3) is 5.01. The summed E-state index contributed by atoms with van der Waals surface area (Å²) in [5.41, 5.74) is 0.882. The molecule has 1 saturated heterocycles. The molecule has 2 aromatic heterocycles. The molecule has 0 saturated carbocycles. The summed E-state index contributed by atoms with van der Waals surface area (Å²) in [6.45, 7) is 2.40. The second kappa shape index (κ2) is 10.1. The van der Waals surface area contributed by atoms with Gasteiger partial charge in [-0.2, -0.15) is 0 Å². The first kappa shape index (κ1) is 25.1. The molecule has 2 N–H and O–H groups in total. The molecule has 2 aliphatic heterocycles. The summed E-state index contributed by atoms with van der Waals surface area (Å²) in [6, 6.07) is 11.0. The zero-order valence-electron chi connectivity index (χ0n) is 20.2. The number of nitrogens with zero attached hydrogens (tertiary/aromatic N) is 2. The highest BCUT2D eigenvalue weighted by Crippen LogP contribution is 2.38. The van der Waals surface area contributed by atoms with Crippen molar-refractivity contribution in [1.82, 2.24) is 9.47 Å². The number of piperidine rings is 1. The average Bonchev–Trinajstić information content (AvgIpc) is 2.87. The Morgan fingerprint density at radius 2 is 1.97 bits per heavy atom. The second-order valence-electron chi connectivity index (χ2n) is 9.73. The van der Waals surface area contributed by atoms with Gasteiger partial charge in [-0.05, 0) is 36.1 Å². The molecule has 194 valence electrons. The number of methoxy groups -OCH3 is 1. The zero-order chi connectivity index (χ0) is 26.3. The summed E-state index contributed by atoms with van der Waals surface area (Å²) in [5.74, 6) is -1.40. The van der Waals surface area contributed by atoms with Crippen molar-refractivity contribution in [2.45, 2.75) is 37.8 Å². The minimum Gasteiger partial charge on any atom is -0.506 e. The molecular formula is C27H27ClN2O7. The minimum atomic E-state index is -0.863. The maximum absolute atomic E-state index is 12.8. The number of halogens is 1. The molecule has 0 amide bonds. The zero-order valence-corrected chi connectivity index (χ0v) is 21.0. The minimum absolute atomic E-state index is 0.0146. The number of likely N-dealkylation sites (tertiary alicyclic amines) is 1. The monoisotopic (exact) mass is 526 g/mol. The van der Waals surface area contributed by atoms with Crippen LogP contribution in [0.1, 0.15) is 47.5 Å². The van der Waals surface area contributed by atoms with E-state index >= 15 is 0 Å². The number of phenols is 1. The summed E-state index contributed by atoms with van der Waals surface area (Å²) < 4.78 is 12.8. The van der Waals surface area contributed by atoms with Gasteiger partial charge in [0.2, 0.25) is 11.2 Å². The first-order valence-corrected chi connectivity index (χ1v) is 12.4. The van der Waals surface area contributed by atoms with E-state index in [2.05, 4.69) is 4.90 Å². The molecule has 1 aromatic carbocycles. The number of phenolic OH excluding ortho intramolecular Hbond substituents is 1. The normalized spacial score (nSPS) is 19.7. The van der Waals surface area contributed by atoms with E-state index in [1.807, 2.05) is 10.6 Å². The highest BCUT2D eigenvalue weighted by atomic mass is 35.5. The number of benzene rings is 1.